The molecule has 0 bridgehead atoms. The zero-order valence-corrected chi connectivity index (χ0v) is 23.9. The van der Waals surface area contributed by atoms with Crippen molar-refractivity contribution < 1.29 is 19.1 Å². The summed E-state index contributed by atoms with van der Waals surface area (Å²) >= 11 is 1.61. The number of aromatic nitrogens is 2. The van der Waals surface area contributed by atoms with Gasteiger partial charge in [0.05, 0.1) is 43.5 Å². The van der Waals surface area contributed by atoms with E-state index in [1.807, 2.05) is 72.8 Å². The van der Waals surface area contributed by atoms with E-state index in [1.165, 1.54) is 0 Å². The van der Waals surface area contributed by atoms with Crippen molar-refractivity contribution in [3.05, 3.63) is 89.6 Å². The maximum absolute atomic E-state index is 13.9. The van der Waals surface area contributed by atoms with Gasteiger partial charge in [-0.1, -0.05) is 48.5 Å². The van der Waals surface area contributed by atoms with Crippen molar-refractivity contribution in [3.63, 3.8) is 0 Å². The Balaban J connectivity index is 1.32. The molecule has 2 aliphatic heterocycles. The molecule has 1 saturated heterocycles. The second-order valence-corrected chi connectivity index (χ2v) is 11.0. The van der Waals surface area contributed by atoms with E-state index in [1.54, 1.807) is 29.6 Å². The van der Waals surface area contributed by atoms with Crippen LogP contribution in [0, 0.1) is 17.2 Å². The fourth-order valence-electron chi connectivity index (χ4n) is 5.38. The van der Waals surface area contributed by atoms with E-state index in [4.69, 9.17) is 14.6 Å². The predicted molar refractivity (Wildman–Crippen MR) is 160 cm³/mol. The summed E-state index contributed by atoms with van der Waals surface area (Å²) in [4.78, 5) is 30.7. The molecule has 1 N–H and O–H groups in total. The number of hydrogen-bond donors (Lipinski definition) is 1. The van der Waals surface area contributed by atoms with E-state index in [2.05, 4.69) is 10.2 Å². The van der Waals surface area contributed by atoms with Gasteiger partial charge in [0, 0.05) is 47.0 Å². The third-order valence-corrected chi connectivity index (χ3v) is 8.54. The molecule has 4 aromatic rings. The number of Topliss-reactive ketones (excluding diaryl/α,β-unsaturated/α-hetero) is 1. The molecule has 3 heterocycles. The molecule has 212 valence electrons. The maximum atomic E-state index is 13.9. The first kappa shape index (κ1) is 27.7. The van der Waals surface area contributed by atoms with Crippen molar-refractivity contribution in [1.29, 1.82) is 5.26 Å². The van der Waals surface area contributed by atoms with Crippen molar-refractivity contribution in [1.82, 2.24) is 14.7 Å². The zero-order valence-electron chi connectivity index (χ0n) is 23.1. The van der Waals surface area contributed by atoms with Gasteiger partial charge in [0.2, 0.25) is 11.7 Å². The molecule has 0 saturated carbocycles. The van der Waals surface area contributed by atoms with Gasteiger partial charge in [0.1, 0.15) is 11.4 Å². The maximum Gasteiger partial charge on any atom is 0.249 e. The molecule has 1 aromatic heterocycles. The molecule has 1 amide bonds. The number of nitrogens with zero attached hydrogens (tertiary/aromatic N) is 4. The molecule has 1 fully saturated rings. The molecule has 0 aliphatic carbocycles. The summed E-state index contributed by atoms with van der Waals surface area (Å²) in [6, 6.07) is 24.9. The smallest absolute Gasteiger partial charge is 0.249 e. The van der Waals surface area contributed by atoms with Crippen molar-refractivity contribution >= 4 is 29.1 Å². The summed E-state index contributed by atoms with van der Waals surface area (Å²) in [5.74, 6) is -1.96. The van der Waals surface area contributed by atoms with Crippen molar-refractivity contribution in [3.8, 4) is 28.8 Å². The first-order valence-electron chi connectivity index (χ1n) is 13.7. The van der Waals surface area contributed by atoms with Crippen LogP contribution in [0.25, 0.3) is 16.9 Å². The fourth-order valence-corrected chi connectivity index (χ4v) is 6.45. The molecule has 0 spiro atoms. The largest absolute Gasteiger partial charge is 0.494 e. The Kier molecular flexibility index (Phi) is 8.06. The minimum atomic E-state index is -1.59. The number of carbonyl (C=O) groups excluding carboxylic acids is 2. The van der Waals surface area contributed by atoms with Crippen LogP contribution < -0.4 is 10.1 Å². The Morgan fingerprint density at radius 1 is 1.07 bits per heavy atom. The first-order chi connectivity index (χ1) is 20.6. The second-order valence-electron chi connectivity index (χ2n) is 10.0. The van der Waals surface area contributed by atoms with Crippen LogP contribution in [0.3, 0.4) is 0 Å². The van der Waals surface area contributed by atoms with E-state index >= 15 is 0 Å². The minimum Gasteiger partial charge on any atom is -0.494 e. The fraction of sp³-hybridized carbons (Fsp3) is 0.250. The van der Waals surface area contributed by atoms with Gasteiger partial charge in [0.15, 0.2) is 5.92 Å². The summed E-state index contributed by atoms with van der Waals surface area (Å²) in [5, 5.41) is 17.6. The average Bonchev–Trinajstić information content (AvgIpc) is 3.43. The van der Waals surface area contributed by atoms with Gasteiger partial charge in [-0.2, -0.15) is 10.4 Å². The Hall–Kier alpha value is -4.43. The molecule has 9 nitrogen and oxygen atoms in total. The average molecular weight is 580 g/mol. The Labute approximate surface area is 248 Å². The van der Waals surface area contributed by atoms with Crippen LogP contribution in [-0.2, 0) is 21.8 Å². The van der Waals surface area contributed by atoms with Gasteiger partial charge in [-0.3, -0.25) is 14.5 Å². The lowest BCUT2D eigenvalue weighted by atomic mass is 9.97. The quantitative estimate of drug-likeness (QED) is 0.231. The Morgan fingerprint density at radius 3 is 2.60 bits per heavy atom. The van der Waals surface area contributed by atoms with Crippen molar-refractivity contribution in [2.75, 3.05) is 38.7 Å². The zero-order chi connectivity index (χ0) is 29.1. The number of nitrogens with one attached hydrogen (secondary N) is 1. The number of anilines is 1. The molecule has 1 atom stereocenters. The molecule has 2 aliphatic rings. The van der Waals surface area contributed by atoms with Crippen LogP contribution in [0.2, 0.25) is 0 Å². The predicted octanol–water partition coefficient (Wildman–Crippen LogP) is 4.95. The molecular formula is C32H29N5O4S. The lowest BCUT2D eigenvalue weighted by Gasteiger charge is -2.27. The minimum absolute atomic E-state index is 0.130. The van der Waals surface area contributed by atoms with Gasteiger partial charge >= 0.3 is 0 Å². The van der Waals surface area contributed by atoms with E-state index in [9.17, 15) is 14.9 Å². The number of rotatable bonds is 8. The molecule has 6 rings (SSSR count). The molecule has 10 heteroatoms. The second kappa shape index (κ2) is 12.2. The highest BCUT2D eigenvalue weighted by molar-refractivity contribution is 7.98. The third-order valence-electron chi connectivity index (χ3n) is 7.44. The summed E-state index contributed by atoms with van der Waals surface area (Å²) in [6.07, 6.45) is 0. The number of ether oxygens (including phenoxy) is 2. The number of amides is 1. The Morgan fingerprint density at radius 2 is 1.83 bits per heavy atom. The SMILES string of the molecule is COc1c(CN2CCOCC2)cccc1NC(=O)C(C#N)C(=O)c1nn(-c2ccccc2)c2c1CSc1ccccc1-2. The van der Waals surface area contributed by atoms with Crippen molar-refractivity contribution in [2.24, 2.45) is 5.92 Å². The third kappa shape index (κ3) is 5.30. The number of fused-ring (bicyclic) bond motifs is 3. The van der Waals surface area contributed by atoms with Crippen LogP contribution in [0.1, 0.15) is 21.6 Å². The number of carbonyl (C=O) groups is 2. The number of benzene rings is 3. The van der Waals surface area contributed by atoms with Crippen LogP contribution in [0.4, 0.5) is 5.69 Å². The highest BCUT2D eigenvalue weighted by atomic mass is 32.2. The summed E-state index contributed by atoms with van der Waals surface area (Å²) in [7, 11) is 1.54. The first-order valence-corrected chi connectivity index (χ1v) is 14.7. The topological polar surface area (TPSA) is 109 Å². The van der Waals surface area contributed by atoms with E-state index in [0.717, 1.165) is 40.5 Å². The lowest BCUT2D eigenvalue weighted by molar-refractivity contribution is -0.117. The standard InChI is InChI=1S/C32H29N5O4S/c1-40-31-21(19-36-14-16-41-17-15-36)8-7-12-26(31)34-32(39)24(18-33)30(38)28-25-20-42-27-13-6-5-11-23(27)29(25)37(35-28)22-9-3-2-4-10-22/h2-13,24H,14-17,19-20H2,1H3,(H,34,39). The highest BCUT2D eigenvalue weighted by Crippen LogP contribution is 2.44. The summed E-state index contributed by atoms with van der Waals surface area (Å²) in [6.45, 7) is 3.55. The van der Waals surface area contributed by atoms with Crippen molar-refractivity contribution in [2.45, 2.75) is 17.2 Å². The monoisotopic (exact) mass is 579 g/mol. The van der Waals surface area contributed by atoms with E-state index in [-0.39, 0.29) is 5.69 Å². The molecular weight excluding hydrogens is 550 g/mol. The number of methoxy groups -OCH3 is 1. The summed E-state index contributed by atoms with van der Waals surface area (Å²) < 4.78 is 12.9. The lowest BCUT2D eigenvalue weighted by Crippen LogP contribution is -2.35. The normalized spacial score (nSPS) is 15.1. The van der Waals surface area contributed by atoms with Gasteiger partial charge in [-0.25, -0.2) is 4.68 Å². The number of morpholine rings is 1. The number of para-hydroxylation sites is 2. The van der Waals surface area contributed by atoms with E-state index in [0.29, 0.717) is 42.5 Å². The number of ketones is 1. The molecule has 0 radical (unpaired) electrons. The van der Waals surface area contributed by atoms with Gasteiger partial charge in [-0.05, 0) is 24.3 Å². The number of nitriles is 1. The number of hydrogen-bond acceptors (Lipinski definition) is 8. The van der Waals surface area contributed by atoms with Gasteiger partial charge < -0.3 is 14.8 Å². The van der Waals surface area contributed by atoms with Crippen LogP contribution in [0.15, 0.2) is 77.7 Å². The van der Waals surface area contributed by atoms with Gasteiger partial charge in [0.25, 0.3) is 0 Å². The molecule has 3 aromatic carbocycles. The van der Waals surface area contributed by atoms with Gasteiger partial charge in [-0.15, -0.1) is 11.8 Å². The molecule has 1 unspecified atom stereocenters. The number of thioether (sulfide) groups is 1. The summed E-state index contributed by atoms with van der Waals surface area (Å²) in [5.41, 5.74) is 4.68. The van der Waals surface area contributed by atoms with Crippen LogP contribution in [-0.4, -0.2) is 59.8 Å². The Bertz CT molecular complexity index is 1670. The van der Waals surface area contributed by atoms with Crippen LogP contribution in [0.5, 0.6) is 5.75 Å². The molecule has 42 heavy (non-hydrogen) atoms. The van der Waals surface area contributed by atoms with Crippen LogP contribution >= 0.6 is 11.8 Å². The van der Waals surface area contributed by atoms with E-state index < -0.39 is 17.6 Å². The highest BCUT2D eigenvalue weighted by Gasteiger charge is 2.36.